The van der Waals surface area contributed by atoms with Crippen molar-refractivity contribution >= 4 is 17.3 Å². The molecule has 0 amide bonds. The fraction of sp³-hybridized carbons (Fsp3) is 0.526. The van der Waals surface area contributed by atoms with E-state index in [4.69, 9.17) is 4.74 Å². The summed E-state index contributed by atoms with van der Waals surface area (Å²) >= 11 is 0. The van der Waals surface area contributed by atoms with Crippen molar-refractivity contribution in [2.45, 2.75) is 51.9 Å². The molecule has 1 aromatic carbocycles. The largest absolute Gasteiger partial charge is 0.497 e. The topological polar surface area (TPSA) is 60.4 Å². The summed E-state index contributed by atoms with van der Waals surface area (Å²) in [5, 5.41) is 0. The third-order valence-electron chi connectivity index (χ3n) is 4.77. The SMILES string of the molecule is COc1cccc(CCCC(=O)CCC2(C)C(=O)CCC2=O)c1. The minimum Gasteiger partial charge on any atom is -0.497 e. The lowest BCUT2D eigenvalue weighted by Crippen LogP contribution is -2.29. The number of hydrogen-bond acceptors (Lipinski definition) is 4. The molecule has 1 aliphatic carbocycles. The standard InChI is InChI=1S/C19H24O4/c1-19(17(21)9-10-18(19)22)12-11-15(20)7-3-5-14-6-4-8-16(13-14)23-2/h4,6,8,13H,3,5,7,9-12H2,1-2H3. The van der Waals surface area contributed by atoms with Gasteiger partial charge < -0.3 is 4.74 Å². The van der Waals surface area contributed by atoms with Crippen LogP contribution in [0.25, 0.3) is 0 Å². The number of carbonyl (C=O) groups excluding carboxylic acids is 3. The fourth-order valence-electron chi connectivity index (χ4n) is 3.05. The smallest absolute Gasteiger partial charge is 0.146 e. The lowest BCUT2D eigenvalue weighted by Gasteiger charge is -2.19. The van der Waals surface area contributed by atoms with Crippen LogP contribution >= 0.6 is 0 Å². The number of benzene rings is 1. The van der Waals surface area contributed by atoms with Crippen LogP contribution in [0.2, 0.25) is 0 Å². The molecule has 0 aromatic heterocycles. The van der Waals surface area contributed by atoms with E-state index in [0.717, 1.165) is 24.2 Å². The zero-order valence-corrected chi connectivity index (χ0v) is 13.9. The van der Waals surface area contributed by atoms with E-state index in [2.05, 4.69) is 0 Å². The Balaban J connectivity index is 1.75. The Morgan fingerprint density at radius 1 is 1.17 bits per heavy atom. The molecule has 0 N–H and O–H groups in total. The van der Waals surface area contributed by atoms with Crippen LogP contribution in [0.3, 0.4) is 0 Å². The second kappa shape index (κ2) is 7.53. The fourth-order valence-corrected chi connectivity index (χ4v) is 3.05. The molecule has 0 saturated heterocycles. The van der Waals surface area contributed by atoms with Crippen LogP contribution < -0.4 is 4.74 Å². The first-order valence-electron chi connectivity index (χ1n) is 8.17. The molecule has 1 aromatic rings. The molecule has 23 heavy (non-hydrogen) atoms. The summed E-state index contributed by atoms with van der Waals surface area (Å²) in [7, 11) is 1.63. The first-order valence-corrected chi connectivity index (χ1v) is 8.17. The van der Waals surface area contributed by atoms with Gasteiger partial charge in [0.15, 0.2) is 0 Å². The van der Waals surface area contributed by atoms with Gasteiger partial charge in [0.1, 0.15) is 23.1 Å². The van der Waals surface area contributed by atoms with Crippen molar-refractivity contribution in [3.8, 4) is 5.75 Å². The Kier molecular flexibility index (Phi) is 5.69. The Hall–Kier alpha value is -1.97. The van der Waals surface area contributed by atoms with Crippen molar-refractivity contribution in [2.75, 3.05) is 7.11 Å². The second-order valence-corrected chi connectivity index (χ2v) is 6.42. The van der Waals surface area contributed by atoms with Gasteiger partial charge >= 0.3 is 0 Å². The van der Waals surface area contributed by atoms with Crippen LogP contribution in [0.1, 0.15) is 51.0 Å². The van der Waals surface area contributed by atoms with Crippen molar-refractivity contribution in [1.82, 2.24) is 0 Å². The minimum absolute atomic E-state index is 0.00770. The number of methoxy groups -OCH3 is 1. The third kappa shape index (κ3) is 4.27. The maximum atomic E-state index is 12.0. The van der Waals surface area contributed by atoms with Crippen molar-refractivity contribution in [1.29, 1.82) is 0 Å². The Bertz CT molecular complexity index is 587. The summed E-state index contributed by atoms with van der Waals surface area (Å²) in [6.07, 6.45) is 3.41. The van der Waals surface area contributed by atoms with Gasteiger partial charge in [0.2, 0.25) is 0 Å². The first kappa shape index (κ1) is 17.4. The molecule has 1 aliphatic rings. The normalized spacial score (nSPS) is 16.6. The van der Waals surface area contributed by atoms with Crippen molar-refractivity contribution < 1.29 is 19.1 Å². The Morgan fingerprint density at radius 3 is 2.52 bits per heavy atom. The van der Waals surface area contributed by atoms with Crippen LogP contribution in [0.4, 0.5) is 0 Å². The van der Waals surface area contributed by atoms with Crippen LogP contribution in [0, 0.1) is 5.41 Å². The molecule has 1 fully saturated rings. The van der Waals surface area contributed by atoms with E-state index >= 15 is 0 Å². The van der Waals surface area contributed by atoms with Gasteiger partial charge in [-0.05, 0) is 43.9 Å². The van der Waals surface area contributed by atoms with Crippen LogP contribution in [-0.2, 0) is 20.8 Å². The summed E-state index contributed by atoms with van der Waals surface area (Å²) in [5.74, 6) is 0.931. The number of ketones is 3. The average molecular weight is 316 g/mol. The van der Waals surface area contributed by atoms with Gasteiger partial charge in [-0.3, -0.25) is 14.4 Å². The molecule has 124 valence electrons. The summed E-state index contributed by atoms with van der Waals surface area (Å²) in [6, 6.07) is 7.82. The lowest BCUT2D eigenvalue weighted by molar-refractivity contribution is -0.134. The van der Waals surface area contributed by atoms with E-state index in [1.807, 2.05) is 24.3 Å². The maximum Gasteiger partial charge on any atom is 0.146 e. The van der Waals surface area contributed by atoms with Gasteiger partial charge in [-0.25, -0.2) is 0 Å². The predicted molar refractivity (Wildman–Crippen MR) is 87.5 cm³/mol. The highest BCUT2D eigenvalue weighted by atomic mass is 16.5. The first-order chi connectivity index (χ1) is 11.0. The molecule has 0 spiro atoms. The Labute approximate surface area is 137 Å². The molecule has 4 heteroatoms. The van der Waals surface area contributed by atoms with Gasteiger partial charge in [0.05, 0.1) is 12.5 Å². The van der Waals surface area contributed by atoms with E-state index in [0.29, 0.717) is 32.1 Å². The van der Waals surface area contributed by atoms with Crippen LogP contribution in [0.5, 0.6) is 5.75 Å². The van der Waals surface area contributed by atoms with Gasteiger partial charge in [0.25, 0.3) is 0 Å². The van der Waals surface area contributed by atoms with E-state index < -0.39 is 5.41 Å². The number of rotatable bonds is 8. The van der Waals surface area contributed by atoms with E-state index in [9.17, 15) is 14.4 Å². The molecule has 4 nitrogen and oxygen atoms in total. The molecule has 2 rings (SSSR count). The summed E-state index contributed by atoms with van der Waals surface area (Å²) < 4.78 is 5.18. The number of Topliss-reactive ketones (excluding diaryl/α,β-unsaturated/α-hetero) is 3. The number of aryl methyl sites for hydroxylation is 1. The zero-order valence-electron chi connectivity index (χ0n) is 13.9. The monoisotopic (exact) mass is 316 g/mol. The molecule has 0 heterocycles. The molecule has 0 bridgehead atoms. The zero-order chi connectivity index (χ0) is 16.9. The van der Waals surface area contributed by atoms with Crippen molar-refractivity contribution in [2.24, 2.45) is 5.41 Å². The van der Waals surface area contributed by atoms with Crippen LogP contribution in [0.15, 0.2) is 24.3 Å². The van der Waals surface area contributed by atoms with Crippen LogP contribution in [-0.4, -0.2) is 24.5 Å². The lowest BCUT2D eigenvalue weighted by atomic mass is 9.81. The minimum atomic E-state index is -0.914. The number of carbonyl (C=O) groups is 3. The summed E-state index contributed by atoms with van der Waals surface area (Å²) in [4.78, 5) is 35.7. The van der Waals surface area contributed by atoms with Gasteiger partial charge in [-0.2, -0.15) is 0 Å². The van der Waals surface area contributed by atoms with Gasteiger partial charge in [-0.1, -0.05) is 12.1 Å². The maximum absolute atomic E-state index is 12.0. The predicted octanol–water partition coefficient (Wildman–Crippen LogP) is 3.31. The van der Waals surface area contributed by atoms with Crippen molar-refractivity contribution in [3.05, 3.63) is 29.8 Å². The third-order valence-corrected chi connectivity index (χ3v) is 4.77. The quantitative estimate of drug-likeness (QED) is 0.690. The van der Waals surface area contributed by atoms with Gasteiger partial charge in [0, 0.05) is 25.7 Å². The average Bonchev–Trinajstić information content (AvgIpc) is 2.81. The van der Waals surface area contributed by atoms with Gasteiger partial charge in [-0.15, -0.1) is 0 Å². The number of ether oxygens (including phenoxy) is 1. The van der Waals surface area contributed by atoms with E-state index in [1.54, 1.807) is 14.0 Å². The summed E-state index contributed by atoms with van der Waals surface area (Å²) in [6.45, 7) is 1.69. The highest BCUT2D eigenvalue weighted by molar-refractivity contribution is 6.12. The Morgan fingerprint density at radius 2 is 1.87 bits per heavy atom. The molecule has 0 unspecified atom stereocenters. The molecular weight excluding hydrogens is 292 g/mol. The molecule has 0 atom stereocenters. The molecule has 0 aliphatic heterocycles. The van der Waals surface area contributed by atoms with Crippen molar-refractivity contribution in [3.63, 3.8) is 0 Å². The highest BCUT2D eigenvalue weighted by Crippen LogP contribution is 2.35. The number of hydrogen-bond donors (Lipinski definition) is 0. The highest BCUT2D eigenvalue weighted by Gasteiger charge is 2.44. The molecule has 1 saturated carbocycles. The molecular formula is C19H24O4. The molecule has 0 radical (unpaired) electrons. The second-order valence-electron chi connectivity index (χ2n) is 6.42. The summed E-state index contributed by atoms with van der Waals surface area (Å²) in [5.41, 5.74) is 0.230. The van der Waals surface area contributed by atoms with E-state index in [1.165, 1.54) is 0 Å². The van der Waals surface area contributed by atoms with E-state index in [-0.39, 0.29) is 17.3 Å².